The molecule has 2 rings (SSSR count). The Hall–Kier alpha value is -1.95. The van der Waals surface area contributed by atoms with Gasteiger partial charge in [-0.2, -0.15) is 0 Å². The van der Waals surface area contributed by atoms with Gasteiger partial charge in [-0.1, -0.05) is 0 Å². The molecule has 1 aromatic rings. The van der Waals surface area contributed by atoms with Gasteiger partial charge >= 0.3 is 5.97 Å². The smallest absolute Gasteiger partial charge is 0.305 e. The molecule has 2 N–H and O–H groups in total. The zero-order valence-electron chi connectivity index (χ0n) is 11.0. The average molecular weight is 267 g/mol. The molecule has 0 saturated carbocycles. The minimum absolute atomic E-state index is 0.194. The first-order chi connectivity index (χ1) is 9.15. The van der Waals surface area contributed by atoms with E-state index in [1.54, 1.807) is 19.2 Å². The normalized spacial score (nSPS) is 14.1. The molecular formula is C13H17NO5. The molecule has 0 radical (unpaired) electrons. The molecule has 0 saturated heterocycles. The highest BCUT2D eigenvalue weighted by molar-refractivity contribution is 5.69. The fourth-order valence-corrected chi connectivity index (χ4v) is 1.94. The lowest BCUT2D eigenvalue weighted by Gasteiger charge is -2.16. The number of fused-ring (bicyclic) bond motifs is 1. The Bertz CT molecular complexity index is 474. The first-order valence-electron chi connectivity index (χ1n) is 5.95. The van der Waals surface area contributed by atoms with Crippen molar-refractivity contribution in [1.29, 1.82) is 0 Å². The molecule has 104 valence electrons. The molecule has 19 heavy (non-hydrogen) atoms. The van der Waals surface area contributed by atoms with E-state index in [1.165, 1.54) is 7.11 Å². The van der Waals surface area contributed by atoms with Crippen LogP contribution in [0.15, 0.2) is 12.1 Å². The number of carbonyl (C=O) groups excluding carboxylic acids is 1. The number of rotatable bonds is 5. The Balaban J connectivity index is 2.16. The molecule has 1 heterocycles. The monoisotopic (exact) mass is 267 g/mol. The van der Waals surface area contributed by atoms with E-state index in [-0.39, 0.29) is 25.2 Å². The second-order valence-electron chi connectivity index (χ2n) is 4.17. The van der Waals surface area contributed by atoms with Crippen LogP contribution >= 0.6 is 0 Å². The second-order valence-corrected chi connectivity index (χ2v) is 4.17. The summed E-state index contributed by atoms with van der Waals surface area (Å²) in [6, 6.07) is 3.21. The maximum absolute atomic E-state index is 11.1. The van der Waals surface area contributed by atoms with Crippen molar-refractivity contribution in [1.82, 2.24) is 0 Å². The van der Waals surface area contributed by atoms with Gasteiger partial charge in [0.1, 0.15) is 5.75 Å². The number of methoxy groups -OCH3 is 2. The van der Waals surface area contributed by atoms with Crippen molar-refractivity contribution in [2.45, 2.75) is 18.9 Å². The molecule has 6 heteroatoms. The average Bonchev–Trinajstić information content (AvgIpc) is 2.89. The van der Waals surface area contributed by atoms with Crippen LogP contribution < -0.4 is 19.9 Å². The predicted octanol–water partition coefficient (Wildman–Crippen LogP) is 1.38. The van der Waals surface area contributed by atoms with Crippen LogP contribution in [0.2, 0.25) is 0 Å². The molecule has 0 aliphatic carbocycles. The van der Waals surface area contributed by atoms with Crippen LogP contribution in [0.25, 0.3) is 0 Å². The van der Waals surface area contributed by atoms with Crippen LogP contribution in [0.3, 0.4) is 0 Å². The summed E-state index contributed by atoms with van der Waals surface area (Å²) in [6.07, 6.45) is 0.734. The predicted molar refractivity (Wildman–Crippen MR) is 67.3 cm³/mol. The van der Waals surface area contributed by atoms with Crippen LogP contribution in [0.4, 0.5) is 0 Å². The molecule has 1 atom stereocenters. The number of carbonyl (C=O) groups is 1. The van der Waals surface area contributed by atoms with Gasteiger partial charge in [0.2, 0.25) is 6.79 Å². The molecule has 1 unspecified atom stereocenters. The van der Waals surface area contributed by atoms with Crippen molar-refractivity contribution in [3.05, 3.63) is 17.7 Å². The molecular weight excluding hydrogens is 250 g/mol. The largest absolute Gasteiger partial charge is 0.496 e. The van der Waals surface area contributed by atoms with E-state index in [4.69, 9.17) is 19.9 Å². The molecule has 0 bridgehead atoms. The van der Waals surface area contributed by atoms with Gasteiger partial charge in [0, 0.05) is 24.1 Å². The van der Waals surface area contributed by atoms with Crippen molar-refractivity contribution < 1.29 is 23.7 Å². The van der Waals surface area contributed by atoms with Crippen LogP contribution in [-0.4, -0.2) is 27.0 Å². The summed E-state index contributed by atoms with van der Waals surface area (Å²) in [5.74, 6) is 1.63. The molecule has 0 spiro atoms. The Morgan fingerprint density at radius 3 is 2.68 bits per heavy atom. The first kappa shape index (κ1) is 13.5. The third-order valence-corrected chi connectivity index (χ3v) is 3.01. The topological polar surface area (TPSA) is 80.0 Å². The summed E-state index contributed by atoms with van der Waals surface area (Å²) in [5.41, 5.74) is 6.87. The standard InChI is InChI=1S/C13H17NO5/c1-16-10-6-12-11(18-7-19-12)5-8(10)9(14)3-4-13(15)17-2/h5-6,9H,3-4,7,14H2,1-2H3. The van der Waals surface area contributed by atoms with Gasteiger partial charge in [0.15, 0.2) is 11.5 Å². The van der Waals surface area contributed by atoms with Crippen molar-refractivity contribution >= 4 is 5.97 Å². The maximum Gasteiger partial charge on any atom is 0.305 e. The van der Waals surface area contributed by atoms with Crippen LogP contribution in [0.5, 0.6) is 17.2 Å². The first-order valence-corrected chi connectivity index (χ1v) is 5.95. The summed E-state index contributed by atoms with van der Waals surface area (Å²) < 4.78 is 20.5. The minimum atomic E-state index is -0.330. The van der Waals surface area contributed by atoms with Gasteiger partial charge < -0.3 is 24.7 Å². The molecule has 0 fully saturated rings. The lowest BCUT2D eigenvalue weighted by atomic mass is 10.0. The van der Waals surface area contributed by atoms with Gasteiger partial charge in [-0.3, -0.25) is 4.79 Å². The number of hydrogen-bond acceptors (Lipinski definition) is 6. The Labute approximate surface area is 111 Å². The maximum atomic E-state index is 11.1. The molecule has 0 aromatic heterocycles. The van der Waals surface area contributed by atoms with Gasteiger partial charge in [-0.25, -0.2) is 0 Å². The number of ether oxygens (including phenoxy) is 4. The van der Waals surface area contributed by atoms with Crippen LogP contribution in [-0.2, 0) is 9.53 Å². The van der Waals surface area contributed by atoms with Gasteiger partial charge in [-0.15, -0.1) is 0 Å². The van der Waals surface area contributed by atoms with Crippen LogP contribution in [0.1, 0.15) is 24.4 Å². The Morgan fingerprint density at radius 2 is 2.05 bits per heavy atom. The van der Waals surface area contributed by atoms with E-state index in [0.717, 1.165) is 5.56 Å². The molecule has 1 aliphatic heterocycles. The molecule has 6 nitrogen and oxygen atoms in total. The minimum Gasteiger partial charge on any atom is -0.496 e. The summed E-state index contributed by atoms with van der Waals surface area (Å²) in [4.78, 5) is 11.1. The van der Waals surface area contributed by atoms with E-state index in [1.807, 2.05) is 0 Å². The van der Waals surface area contributed by atoms with Gasteiger partial charge in [0.25, 0.3) is 0 Å². The van der Waals surface area contributed by atoms with Gasteiger partial charge in [-0.05, 0) is 12.5 Å². The zero-order chi connectivity index (χ0) is 13.8. The summed E-state index contributed by atoms with van der Waals surface area (Å²) in [6.45, 7) is 0.194. The van der Waals surface area contributed by atoms with E-state index in [0.29, 0.717) is 23.7 Å². The van der Waals surface area contributed by atoms with Crippen molar-refractivity contribution in [2.24, 2.45) is 5.73 Å². The van der Waals surface area contributed by atoms with Crippen LogP contribution in [0, 0.1) is 0 Å². The highest BCUT2D eigenvalue weighted by Crippen LogP contribution is 2.40. The summed E-state index contributed by atoms with van der Waals surface area (Å²) >= 11 is 0. The van der Waals surface area contributed by atoms with Crippen molar-refractivity contribution in [2.75, 3.05) is 21.0 Å². The third-order valence-electron chi connectivity index (χ3n) is 3.01. The molecule has 1 aliphatic rings. The Morgan fingerprint density at radius 1 is 1.37 bits per heavy atom. The Kier molecular flexibility index (Phi) is 4.11. The highest BCUT2D eigenvalue weighted by atomic mass is 16.7. The van der Waals surface area contributed by atoms with Crippen molar-refractivity contribution in [3.8, 4) is 17.2 Å². The lowest BCUT2D eigenvalue weighted by molar-refractivity contribution is -0.140. The van der Waals surface area contributed by atoms with Gasteiger partial charge in [0.05, 0.1) is 14.2 Å². The molecule has 1 aromatic carbocycles. The lowest BCUT2D eigenvalue weighted by Crippen LogP contribution is -2.14. The van der Waals surface area contributed by atoms with E-state index in [9.17, 15) is 4.79 Å². The fourth-order valence-electron chi connectivity index (χ4n) is 1.94. The molecule has 0 amide bonds. The number of hydrogen-bond donors (Lipinski definition) is 1. The van der Waals surface area contributed by atoms with Crippen molar-refractivity contribution in [3.63, 3.8) is 0 Å². The fraction of sp³-hybridized carbons (Fsp3) is 0.462. The highest BCUT2D eigenvalue weighted by Gasteiger charge is 2.21. The quantitative estimate of drug-likeness (QED) is 0.812. The number of benzene rings is 1. The number of esters is 1. The summed E-state index contributed by atoms with van der Waals surface area (Å²) in [5, 5.41) is 0. The van der Waals surface area contributed by atoms with E-state index < -0.39 is 0 Å². The number of nitrogens with two attached hydrogens (primary N) is 1. The zero-order valence-corrected chi connectivity index (χ0v) is 11.0. The SMILES string of the molecule is COC(=O)CCC(N)c1cc2c(cc1OC)OCO2. The summed E-state index contributed by atoms with van der Waals surface area (Å²) in [7, 11) is 2.92. The van der Waals surface area contributed by atoms with E-state index in [2.05, 4.69) is 4.74 Å². The van der Waals surface area contributed by atoms with E-state index >= 15 is 0 Å². The third kappa shape index (κ3) is 2.90. The second kappa shape index (κ2) is 5.79.